The number of hydrogen-bond acceptors (Lipinski definition) is 3. The molecule has 136 valence electrons. The Morgan fingerprint density at radius 3 is 2.04 bits per heavy atom. The molecule has 0 radical (unpaired) electrons. The molecule has 0 aliphatic rings. The van der Waals surface area contributed by atoms with Crippen molar-refractivity contribution >= 4 is 35.1 Å². The van der Waals surface area contributed by atoms with E-state index in [4.69, 9.17) is 11.6 Å². The molecule has 3 rings (SSSR count). The molecule has 0 aromatic heterocycles. The molecule has 1 N–H and O–H groups in total. The van der Waals surface area contributed by atoms with E-state index in [-0.39, 0.29) is 11.7 Å². The lowest BCUT2D eigenvalue weighted by Crippen LogP contribution is -2.38. The van der Waals surface area contributed by atoms with Gasteiger partial charge in [-0.25, -0.2) is 0 Å². The Hall–Kier alpha value is -2.56. The van der Waals surface area contributed by atoms with Crippen LogP contribution in [0, 0.1) is 0 Å². The van der Waals surface area contributed by atoms with E-state index in [0.717, 1.165) is 5.56 Å². The fraction of sp³-hybridized carbons (Fsp3) is 0.0909. The van der Waals surface area contributed by atoms with Crippen LogP contribution in [-0.2, 0) is 5.75 Å². The Labute approximate surface area is 167 Å². The van der Waals surface area contributed by atoms with Crippen molar-refractivity contribution in [3.63, 3.8) is 0 Å². The van der Waals surface area contributed by atoms with E-state index in [0.29, 0.717) is 21.9 Å². The maximum atomic E-state index is 13.0. The number of halogens is 1. The van der Waals surface area contributed by atoms with Gasteiger partial charge in [-0.3, -0.25) is 9.59 Å². The molecule has 0 fully saturated rings. The van der Waals surface area contributed by atoms with Crippen LogP contribution in [0.15, 0.2) is 84.9 Å². The average Bonchev–Trinajstić information content (AvgIpc) is 2.72. The Balaban J connectivity index is 1.78. The number of ketones is 1. The highest BCUT2D eigenvalue weighted by molar-refractivity contribution is 7.99. The summed E-state index contributed by atoms with van der Waals surface area (Å²) >= 11 is 7.31. The summed E-state index contributed by atoms with van der Waals surface area (Å²) in [5.74, 6) is 0.181. The predicted octanol–water partition coefficient (Wildman–Crippen LogP) is 5.21. The number of amides is 1. The average molecular weight is 396 g/mol. The third-order valence-electron chi connectivity index (χ3n) is 3.92. The molecule has 3 aromatic carbocycles. The Kier molecular flexibility index (Phi) is 6.69. The number of hydrogen-bond donors (Lipinski definition) is 1. The van der Waals surface area contributed by atoms with Crippen molar-refractivity contribution in [3.8, 4) is 0 Å². The number of benzene rings is 3. The third-order valence-corrected chi connectivity index (χ3v) is 5.34. The van der Waals surface area contributed by atoms with Gasteiger partial charge in [-0.2, -0.15) is 0 Å². The number of nitrogens with one attached hydrogen (secondary N) is 1. The Morgan fingerprint density at radius 1 is 0.815 bits per heavy atom. The molecule has 0 bridgehead atoms. The fourth-order valence-corrected chi connectivity index (χ4v) is 3.65. The molecule has 3 aromatic rings. The van der Waals surface area contributed by atoms with Crippen LogP contribution in [0.4, 0.5) is 0 Å². The SMILES string of the molecule is O=C(NC(SCc1ccccc1)C(=O)c1ccc(Cl)cc1)c1ccccc1. The molecule has 0 aliphatic heterocycles. The van der Waals surface area contributed by atoms with E-state index in [1.54, 1.807) is 48.5 Å². The largest absolute Gasteiger partial charge is 0.333 e. The molecule has 1 atom stereocenters. The van der Waals surface area contributed by atoms with E-state index in [9.17, 15) is 9.59 Å². The molecule has 0 heterocycles. The van der Waals surface area contributed by atoms with Crippen molar-refractivity contribution in [2.45, 2.75) is 11.1 Å². The highest BCUT2D eigenvalue weighted by Gasteiger charge is 2.23. The summed E-state index contributed by atoms with van der Waals surface area (Å²) in [4.78, 5) is 25.5. The van der Waals surface area contributed by atoms with Crippen LogP contribution in [-0.4, -0.2) is 17.1 Å². The zero-order valence-electron chi connectivity index (χ0n) is 14.5. The molecule has 5 heteroatoms. The van der Waals surface area contributed by atoms with Gasteiger partial charge in [0.15, 0.2) is 5.78 Å². The zero-order chi connectivity index (χ0) is 19.1. The Bertz CT molecular complexity index is 899. The lowest BCUT2D eigenvalue weighted by atomic mass is 10.1. The monoisotopic (exact) mass is 395 g/mol. The van der Waals surface area contributed by atoms with Crippen LogP contribution in [0.5, 0.6) is 0 Å². The number of carbonyl (C=O) groups is 2. The van der Waals surface area contributed by atoms with Crippen LogP contribution in [0.25, 0.3) is 0 Å². The molecular formula is C22H18ClNO2S. The summed E-state index contributed by atoms with van der Waals surface area (Å²) in [6, 6.07) is 25.4. The van der Waals surface area contributed by atoms with Crippen LogP contribution in [0.3, 0.4) is 0 Å². The first kappa shape index (κ1) is 19.2. The lowest BCUT2D eigenvalue weighted by molar-refractivity contribution is 0.0892. The molecular weight excluding hydrogens is 378 g/mol. The molecule has 0 saturated heterocycles. The quantitative estimate of drug-likeness (QED) is 0.441. The van der Waals surface area contributed by atoms with Gasteiger partial charge in [-0.05, 0) is 42.0 Å². The van der Waals surface area contributed by atoms with Crippen LogP contribution >= 0.6 is 23.4 Å². The molecule has 27 heavy (non-hydrogen) atoms. The molecule has 0 saturated carbocycles. The minimum atomic E-state index is -0.695. The summed E-state index contributed by atoms with van der Waals surface area (Å²) in [6.45, 7) is 0. The maximum Gasteiger partial charge on any atom is 0.252 e. The summed E-state index contributed by atoms with van der Waals surface area (Å²) in [6.07, 6.45) is 0. The van der Waals surface area contributed by atoms with Gasteiger partial charge in [0.2, 0.25) is 0 Å². The molecule has 0 spiro atoms. The molecule has 3 nitrogen and oxygen atoms in total. The number of Topliss-reactive ketones (excluding diaryl/α,β-unsaturated/α-hetero) is 1. The van der Waals surface area contributed by atoms with Gasteiger partial charge in [-0.15, -0.1) is 11.8 Å². The first-order chi connectivity index (χ1) is 13.1. The highest BCUT2D eigenvalue weighted by atomic mass is 35.5. The van der Waals surface area contributed by atoms with E-state index in [2.05, 4.69) is 5.32 Å². The van der Waals surface area contributed by atoms with Crippen molar-refractivity contribution in [2.24, 2.45) is 0 Å². The summed E-state index contributed by atoms with van der Waals surface area (Å²) in [5, 5.41) is 2.73. The van der Waals surface area contributed by atoms with E-state index >= 15 is 0 Å². The first-order valence-corrected chi connectivity index (χ1v) is 9.87. The van der Waals surface area contributed by atoms with E-state index in [1.807, 2.05) is 36.4 Å². The minimum absolute atomic E-state index is 0.156. The number of carbonyl (C=O) groups excluding carboxylic acids is 2. The number of rotatable bonds is 7. The van der Waals surface area contributed by atoms with Crippen molar-refractivity contribution in [1.29, 1.82) is 0 Å². The third kappa shape index (κ3) is 5.46. The first-order valence-electron chi connectivity index (χ1n) is 8.45. The smallest absolute Gasteiger partial charge is 0.252 e. The predicted molar refractivity (Wildman–Crippen MR) is 111 cm³/mol. The maximum absolute atomic E-state index is 13.0. The minimum Gasteiger partial charge on any atom is -0.333 e. The van der Waals surface area contributed by atoms with Crippen molar-refractivity contribution < 1.29 is 9.59 Å². The van der Waals surface area contributed by atoms with Gasteiger partial charge < -0.3 is 5.32 Å². The van der Waals surface area contributed by atoms with Crippen molar-refractivity contribution in [1.82, 2.24) is 5.32 Å². The standard InChI is InChI=1S/C22H18ClNO2S/c23-19-13-11-17(12-14-19)20(25)22(27-15-16-7-3-1-4-8-16)24-21(26)18-9-5-2-6-10-18/h1-14,22H,15H2,(H,24,26). The highest BCUT2D eigenvalue weighted by Crippen LogP contribution is 2.21. The normalized spacial score (nSPS) is 11.6. The second-order valence-corrected chi connectivity index (χ2v) is 7.42. The van der Waals surface area contributed by atoms with Gasteiger partial charge in [0.25, 0.3) is 5.91 Å². The van der Waals surface area contributed by atoms with Gasteiger partial charge in [0, 0.05) is 21.9 Å². The second kappa shape index (κ2) is 9.40. The molecule has 1 amide bonds. The molecule has 0 aliphatic carbocycles. The van der Waals surface area contributed by atoms with Crippen LogP contribution in [0.2, 0.25) is 5.02 Å². The summed E-state index contributed by atoms with van der Waals surface area (Å²) in [5.41, 5.74) is 2.12. The lowest BCUT2D eigenvalue weighted by Gasteiger charge is -2.18. The van der Waals surface area contributed by atoms with E-state index in [1.165, 1.54) is 11.8 Å². The van der Waals surface area contributed by atoms with Gasteiger partial charge in [0.1, 0.15) is 5.37 Å². The fourth-order valence-electron chi connectivity index (χ4n) is 2.49. The second-order valence-electron chi connectivity index (χ2n) is 5.89. The van der Waals surface area contributed by atoms with Crippen molar-refractivity contribution in [2.75, 3.05) is 0 Å². The van der Waals surface area contributed by atoms with Crippen LogP contribution in [0.1, 0.15) is 26.3 Å². The summed E-state index contributed by atoms with van der Waals surface area (Å²) < 4.78 is 0. The van der Waals surface area contributed by atoms with Crippen LogP contribution < -0.4 is 5.32 Å². The molecule has 1 unspecified atom stereocenters. The van der Waals surface area contributed by atoms with Crippen molar-refractivity contribution in [3.05, 3.63) is 107 Å². The Morgan fingerprint density at radius 2 is 1.41 bits per heavy atom. The zero-order valence-corrected chi connectivity index (χ0v) is 16.0. The summed E-state index contributed by atoms with van der Waals surface area (Å²) in [7, 11) is 0. The van der Waals surface area contributed by atoms with E-state index < -0.39 is 5.37 Å². The topological polar surface area (TPSA) is 46.2 Å². The van der Waals surface area contributed by atoms with Gasteiger partial charge in [0.05, 0.1) is 0 Å². The van der Waals surface area contributed by atoms with Gasteiger partial charge >= 0.3 is 0 Å². The van der Waals surface area contributed by atoms with Gasteiger partial charge in [-0.1, -0.05) is 60.1 Å². The number of thioether (sulfide) groups is 1.